The zero-order chi connectivity index (χ0) is 12.1. The smallest absolute Gasteiger partial charge is 0.223 e. The lowest BCUT2D eigenvalue weighted by Crippen LogP contribution is -2.01. The van der Waals surface area contributed by atoms with E-state index >= 15 is 0 Å². The molecule has 0 radical (unpaired) electrons. The highest BCUT2D eigenvalue weighted by molar-refractivity contribution is 7.99. The molecule has 17 heavy (non-hydrogen) atoms. The largest absolute Gasteiger partial charge is 0.354 e. The summed E-state index contributed by atoms with van der Waals surface area (Å²) in [5, 5.41) is 4.59. The van der Waals surface area contributed by atoms with Gasteiger partial charge in [0.15, 0.2) is 5.16 Å². The molecule has 2 heterocycles. The van der Waals surface area contributed by atoms with Crippen LogP contribution >= 0.6 is 11.8 Å². The summed E-state index contributed by atoms with van der Waals surface area (Å²) in [6, 6.07) is 1.84. The lowest BCUT2D eigenvalue weighted by molar-refractivity contribution is 0.940. The van der Waals surface area contributed by atoms with E-state index in [0.29, 0.717) is 11.1 Å². The fourth-order valence-corrected chi connectivity index (χ4v) is 1.83. The SMILES string of the molecule is CCNc1nccc(Sc2ncc(C)cn2)n1. The van der Waals surface area contributed by atoms with Gasteiger partial charge in [0.25, 0.3) is 0 Å². The summed E-state index contributed by atoms with van der Waals surface area (Å²) in [7, 11) is 0. The van der Waals surface area contributed by atoms with Crippen LogP contribution in [0.15, 0.2) is 34.8 Å². The molecule has 0 atom stereocenters. The van der Waals surface area contributed by atoms with Crippen LogP contribution in [0.5, 0.6) is 0 Å². The summed E-state index contributed by atoms with van der Waals surface area (Å²) in [5.74, 6) is 0.629. The fraction of sp³-hybridized carbons (Fsp3) is 0.273. The molecule has 0 unspecified atom stereocenters. The van der Waals surface area contributed by atoms with Crippen LogP contribution in [0.2, 0.25) is 0 Å². The van der Waals surface area contributed by atoms with Crippen LogP contribution in [0, 0.1) is 6.92 Å². The van der Waals surface area contributed by atoms with Crippen molar-refractivity contribution in [1.29, 1.82) is 0 Å². The average molecular weight is 247 g/mol. The quantitative estimate of drug-likeness (QED) is 0.660. The lowest BCUT2D eigenvalue weighted by Gasteiger charge is -2.03. The van der Waals surface area contributed by atoms with Crippen molar-refractivity contribution in [3.8, 4) is 0 Å². The van der Waals surface area contributed by atoms with Gasteiger partial charge < -0.3 is 5.32 Å². The Balaban J connectivity index is 2.12. The molecule has 0 fully saturated rings. The molecule has 0 aromatic carbocycles. The molecule has 2 aromatic heterocycles. The van der Waals surface area contributed by atoms with Crippen LogP contribution in [0.3, 0.4) is 0 Å². The van der Waals surface area contributed by atoms with E-state index in [4.69, 9.17) is 0 Å². The number of anilines is 1. The first kappa shape index (κ1) is 11.8. The maximum Gasteiger partial charge on any atom is 0.223 e. The molecule has 0 saturated carbocycles. The molecule has 88 valence electrons. The van der Waals surface area contributed by atoms with Crippen LogP contribution in [0.25, 0.3) is 0 Å². The van der Waals surface area contributed by atoms with Gasteiger partial charge in [-0.05, 0) is 37.2 Å². The Bertz CT molecular complexity index is 485. The first-order valence-electron chi connectivity index (χ1n) is 5.31. The van der Waals surface area contributed by atoms with Gasteiger partial charge in [0.1, 0.15) is 5.03 Å². The predicted octanol–water partition coefficient (Wildman–Crippen LogP) is 2.16. The number of nitrogens with one attached hydrogen (secondary N) is 1. The molecule has 1 N–H and O–H groups in total. The van der Waals surface area contributed by atoms with Gasteiger partial charge in [0.05, 0.1) is 0 Å². The van der Waals surface area contributed by atoms with Crippen molar-refractivity contribution in [1.82, 2.24) is 19.9 Å². The zero-order valence-electron chi connectivity index (χ0n) is 9.71. The highest BCUT2D eigenvalue weighted by Gasteiger charge is 2.03. The zero-order valence-corrected chi connectivity index (χ0v) is 10.5. The second kappa shape index (κ2) is 5.58. The third-order valence-corrected chi connectivity index (χ3v) is 2.75. The minimum atomic E-state index is 0.629. The van der Waals surface area contributed by atoms with Gasteiger partial charge in [-0.2, -0.15) is 0 Å². The van der Waals surface area contributed by atoms with E-state index in [0.717, 1.165) is 17.1 Å². The molecule has 6 heteroatoms. The maximum absolute atomic E-state index is 4.34. The Hall–Kier alpha value is -1.69. The average Bonchev–Trinajstić information content (AvgIpc) is 2.33. The van der Waals surface area contributed by atoms with Gasteiger partial charge in [-0.25, -0.2) is 19.9 Å². The molecule has 0 amide bonds. The Kier molecular flexibility index (Phi) is 3.87. The number of nitrogens with zero attached hydrogens (tertiary/aromatic N) is 4. The highest BCUT2D eigenvalue weighted by atomic mass is 32.2. The van der Waals surface area contributed by atoms with Crippen molar-refractivity contribution in [2.24, 2.45) is 0 Å². The minimum absolute atomic E-state index is 0.629. The van der Waals surface area contributed by atoms with Gasteiger partial charge in [0.2, 0.25) is 5.95 Å². The summed E-state index contributed by atoms with van der Waals surface area (Å²) in [6.45, 7) is 4.77. The normalized spacial score (nSPS) is 10.2. The number of rotatable bonds is 4. The Morgan fingerprint density at radius 1 is 1.24 bits per heavy atom. The molecular formula is C11H13N5S. The number of aryl methyl sites for hydroxylation is 1. The molecule has 0 saturated heterocycles. The van der Waals surface area contributed by atoms with Gasteiger partial charge in [0, 0.05) is 25.1 Å². The van der Waals surface area contributed by atoms with E-state index in [9.17, 15) is 0 Å². The van der Waals surface area contributed by atoms with E-state index in [2.05, 4.69) is 25.3 Å². The summed E-state index contributed by atoms with van der Waals surface area (Å²) >= 11 is 1.42. The van der Waals surface area contributed by atoms with E-state index < -0.39 is 0 Å². The molecule has 0 aliphatic rings. The molecular weight excluding hydrogens is 234 g/mol. The number of hydrogen-bond donors (Lipinski definition) is 1. The van der Waals surface area contributed by atoms with E-state index in [1.54, 1.807) is 18.6 Å². The summed E-state index contributed by atoms with van der Waals surface area (Å²) in [5.41, 5.74) is 1.05. The van der Waals surface area contributed by atoms with Gasteiger partial charge in [-0.15, -0.1) is 0 Å². The monoisotopic (exact) mass is 247 g/mol. The molecule has 0 spiro atoms. The predicted molar refractivity (Wildman–Crippen MR) is 67.1 cm³/mol. The van der Waals surface area contributed by atoms with E-state index in [1.807, 2.05) is 19.9 Å². The molecule has 0 bridgehead atoms. The van der Waals surface area contributed by atoms with Crippen molar-refractivity contribution in [2.45, 2.75) is 24.0 Å². The van der Waals surface area contributed by atoms with Crippen LogP contribution < -0.4 is 5.32 Å². The second-order valence-corrected chi connectivity index (χ2v) is 4.38. The lowest BCUT2D eigenvalue weighted by atomic mass is 10.4. The van der Waals surface area contributed by atoms with Crippen LogP contribution in [0.1, 0.15) is 12.5 Å². The summed E-state index contributed by atoms with van der Waals surface area (Å²) < 4.78 is 0. The highest BCUT2D eigenvalue weighted by Crippen LogP contribution is 2.22. The summed E-state index contributed by atoms with van der Waals surface area (Å²) in [4.78, 5) is 16.9. The summed E-state index contributed by atoms with van der Waals surface area (Å²) in [6.07, 6.45) is 5.31. The van der Waals surface area contributed by atoms with E-state index in [-0.39, 0.29) is 0 Å². The fourth-order valence-electron chi connectivity index (χ4n) is 1.17. The van der Waals surface area contributed by atoms with E-state index in [1.165, 1.54) is 11.8 Å². The molecule has 0 aliphatic heterocycles. The first-order valence-corrected chi connectivity index (χ1v) is 6.13. The van der Waals surface area contributed by atoms with Crippen LogP contribution in [-0.4, -0.2) is 26.5 Å². The topological polar surface area (TPSA) is 63.6 Å². The number of aromatic nitrogens is 4. The maximum atomic E-state index is 4.34. The Morgan fingerprint density at radius 3 is 2.71 bits per heavy atom. The molecule has 0 aliphatic carbocycles. The van der Waals surface area contributed by atoms with Crippen molar-refractivity contribution >= 4 is 17.7 Å². The number of hydrogen-bond acceptors (Lipinski definition) is 6. The molecule has 2 aromatic rings. The van der Waals surface area contributed by atoms with Crippen molar-refractivity contribution in [2.75, 3.05) is 11.9 Å². The second-order valence-electron chi connectivity index (χ2n) is 3.39. The van der Waals surface area contributed by atoms with Gasteiger partial charge in [-0.3, -0.25) is 0 Å². The van der Waals surface area contributed by atoms with Crippen molar-refractivity contribution in [3.63, 3.8) is 0 Å². The first-order chi connectivity index (χ1) is 8.28. The van der Waals surface area contributed by atoms with Gasteiger partial charge >= 0.3 is 0 Å². The van der Waals surface area contributed by atoms with Crippen LogP contribution in [0.4, 0.5) is 5.95 Å². The minimum Gasteiger partial charge on any atom is -0.354 e. The van der Waals surface area contributed by atoms with Crippen molar-refractivity contribution < 1.29 is 0 Å². The Morgan fingerprint density at radius 2 is 2.00 bits per heavy atom. The van der Waals surface area contributed by atoms with Gasteiger partial charge in [-0.1, -0.05) is 0 Å². The standard InChI is InChI=1S/C11H13N5S/c1-3-12-10-13-5-4-9(16-10)17-11-14-6-8(2)7-15-11/h4-7H,3H2,1-2H3,(H,12,13,16). The molecule has 2 rings (SSSR count). The molecule has 5 nitrogen and oxygen atoms in total. The van der Waals surface area contributed by atoms with Crippen LogP contribution in [-0.2, 0) is 0 Å². The third kappa shape index (κ3) is 3.39. The van der Waals surface area contributed by atoms with Crippen molar-refractivity contribution in [3.05, 3.63) is 30.2 Å². The third-order valence-electron chi connectivity index (χ3n) is 1.92. The Labute approximate surface area is 104 Å².